The second kappa shape index (κ2) is 10.6. The van der Waals surface area contributed by atoms with E-state index in [2.05, 4.69) is 0 Å². The van der Waals surface area contributed by atoms with Crippen LogP contribution in [0.5, 0.6) is 17.2 Å². The molecule has 0 saturated heterocycles. The summed E-state index contributed by atoms with van der Waals surface area (Å²) in [5.74, 6) is 0.491. The van der Waals surface area contributed by atoms with Crippen molar-refractivity contribution in [2.24, 2.45) is 0 Å². The zero-order chi connectivity index (χ0) is 22.1. The largest absolute Gasteiger partial charge is 0.489 e. The molecule has 0 aromatic heterocycles. The molecule has 3 aromatic carbocycles. The molecular weight excluding hydrogens is 400 g/mol. The zero-order valence-corrected chi connectivity index (χ0v) is 16.5. The molecule has 31 heavy (non-hydrogen) atoms. The highest BCUT2D eigenvalue weighted by atomic mass is 16.5. The number of ether oxygens (including phenoxy) is 3. The average Bonchev–Trinajstić information content (AvgIpc) is 2.80. The normalized spacial score (nSPS) is 10.2. The number of hydrogen-bond donors (Lipinski definition) is 1. The third kappa shape index (κ3) is 6.71. The summed E-state index contributed by atoms with van der Waals surface area (Å²) in [5, 5.41) is 8.88. The van der Waals surface area contributed by atoms with E-state index in [1.54, 1.807) is 60.7 Å². The first kappa shape index (κ1) is 21.6. The Morgan fingerprint density at radius 1 is 0.677 bits per heavy atom. The van der Waals surface area contributed by atoms with Gasteiger partial charge >= 0.3 is 5.97 Å². The first-order valence-corrected chi connectivity index (χ1v) is 9.39. The molecule has 3 rings (SSSR count). The van der Waals surface area contributed by atoms with Gasteiger partial charge in [-0.25, -0.2) is 4.79 Å². The van der Waals surface area contributed by atoms with Crippen LogP contribution in [0.25, 0.3) is 0 Å². The quantitative estimate of drug-likeness (QED) is 0.469. The molecule has 0 saturated carbocycles. The van der Waals surface area contributed by atoms with Gasteiger partial charge in [-0.1, -0.05) is 0 Å². The van der Waals surface area contributed by atoms with Gasteiger partial charge in [0.1, 0.15) is 43.0 Å². The Balaban J connectivity index is 1.71. The van der Waals surface area contributed by atoms with Crippen LogP contribution in [0, 0.1) is 0 Å². The van der Waals surface area contributed by atoms with E-state index in [1.807, 2.05) is 6.07 Å². The molecule has 158 valence electrons. The van der Waals surface area contributed by atoms with E-state index in [0.717, 1.165) is 23.7 Å². The standard InChI is InChI=1S/C24H20O7/c25-12-17-1-5-21(6-2-17)29-14-19-9-20(11-23(10-19)31-16-24(27)28)15-30-22-7-3-18(13-26)4-8-22/h1-13H,14-16H2,(H,27,28). The van der Waals surface area contributed by atoms with Crippen molar-refractivity contribution in [3.8, 4) is 17.2 Å². The van der Waals surface area contributed by atoms with Crippen LogP contribution in [0.4, 0.5) is 0 Å². The van der Waals surface area contributed by atoms with E-state index in [-0.39, 0.29) is 13.2 Å². The number of carbonyl (C=O) groups is 3. The Bertz CT molecular complexity index is 967. The van der Waals surface area contributed by atoms with Crippen molar-refractivity contribution in [2.75, 3.05) is 6.61 Å². The molecule has 0 aliphatic heterocycles. The Morgan fingerprint density at radius 2 is 1.13 bits per heavy atom. The van der Waals surface area contributed by atoms with Gasteiger partial charge in [-0.15, -0.1) is 0 Å². The third-order valence-corrected chi connectivity index (χ3v) is 4.23. The summed E-state index contributed by atoms with van der Waals surface area (Å²) in [6.45, 7) is -0.0393. The Morgan fingerprint density at radius 3 is 1.52 bits per heavy atom. The zero-order valence-electron chi connectivity index (χ0n) is 16.5. The molecule has 7 nitrogen and oxygen atoms in total. The van der Waals surface area contributed by atoms with Crippen molar-refractivity contribution in [2.45, 2.75) is 13.2 Å². The molecular formula is C24H20O7. The fourth-order valence-electron chi connectivity index (χ4n) is 2.74. The number of aldehydes is 2. The van der Waals surface area contributed by atoms with Crippen LogP contribution in [-0.2, 0) is 18.0 Å². The first-order chi connectivity index (χ1) is 15.1. The van der Waals surface area contributed by atoms with Crippen molar-refractivity contribution in [1.29, 1.82) is 0 Å². The molecule has 7 heteroatoms. The fourth-order valence-corrected chi connectivity index (χ4v) is 2.74. The molecule has 0 unspecified atom stereocenters. The van der Waals surface area contributed by atoms with Crippen LogP contribution in [0.3, 0.4) is 0 Å². The van der Waals surface area contributed by atoms with Gasteiger partial charge in [-0.05, 0) is 77.9 Å². The number of hydrogen-bond acceptors (Lipinski definition) is 6. The van der Waals surface area contributed by atoms with Crippen LogP contribution >= 0.6 is 0 Å². The number of carboxylic acids is 1. The fraction of sp³-hybridized carbons (Fsp3) is 0.125. The summed E-state index contributed by atoms with van der Waals surface area (Å²) < 4.78 is 16.8. The molecule has 1 N–H and O–H groups in total. The topological polar surface area (TPSA) is 99.1 Å². The summed E-state index contributed by atoms with van der Waals surface area (Å²) in [6, 6.07) is 18.7. The van der Waals surface area contributed by atoms with Gasteiger partial charge in [-0.2, -0.15) is 0 Å². The number of rotatable bonds is 11. The van der Waals surface area contributed by atoms with Gasteiger partial charge in [0.25, 0.3) is 0 Å². The second-order valence-electron chi connectivity index (χ2n) is 6.62. The maximum absolute atomic E-state index is 10.8. The minimum Gasteiger partial charge on any atom is -0.489 e. The number of carbonyl (C=O) groups excluding carboxylic acids is 2. The van der Waals surface area contributed by atoms with E-state index in [4.69, 9.17) is 19.3 Å². The lowest BCUT2D eigenvalue weighted by Gasteiger charge is -2.13. The molecule has 0 bridgehead atoms. The summed E-state index contributed by atoms with van der Waals surface area (Å²) in [7, 11) is 0. The lowest BCUT2D eigenvalue weighted by Crippen LogP contribution is -2.10. The Kier molecular flexibility index (Phi) is 7.37. The summed E-state index contributed by atoms with van der Waals surface area (Å²) >= 11 is 0. The van der Waals surface area contributed by atoms with E-state index in [0.29, 0.717) is 28.4 Å². The van der Waals surface area contributed by atoms with E-state index in [1.165, 1.54) is 0 Å². The van der Waals surface area contributed by atoms with Crippen LogP contribution in [0.2, 0.25) is 0 Å². The van der Waals surface area contributed by atoms with E-state index >= 15 is 0 Å². The predicted molar refractivity (Wildman–Crippen MR) is 112 cm³/mol. The van der Waals surface area contributed by atoms with Gasteiger partial charge < -0.3 is 19.3 Å². The van der Waals surface area contributed by atoms with Gasteiger partial charge in [0.15, 0.2) is 6.61 Å². The van der Waals surface area contributed by atoms with Crippen molar-refractivity contribution in [3.05, 3.63) is 89.0 Å². The molecule has 3 aromatic rings. The molecule has 0 heterocycles. The lowest BCUT2D eigenvalue weighted by atomic mass is 10.1. The highest BCUT2D eigenvalue weighted by Crippen LogP contribution is 2.22. The second-order valence-corrected chi connectivity index (χ2v) is 6.62. The minimum atomic E-state index is -1.08. The highest BCUT2D eigenvalue weighted by molar-refractivity contribution is 5.75. The van der Waals surface area contributed by atoms with Gasteiger partial charge in [0.2, 0.25) is 0 Å². The van der Waals surface area contributed by atoms with Gasteiger partial charge in [0.05, 0.1) is 0 Å². The monoisotopic (exact) mass is 420 g/mol. The summed E-state index contributed by atoms with van der Waals surface area (Å²) in [5.41, 5.74) is 2.63. The van der Waals surface area contributed by atoms with Crippen molar-refractivity contribution in [3.63, 3.8) is 0 Å². The highest BCUT2D eigenvalue weighted by Gasteiger charge is 2.07. The smallest absolute Gasteiger partial charge is 0.341 e. The van der Waals surface area contributed by atoms with Gasteiger partial charge in [0, 0.05) is 11.1 Å². The predicted octanol–water partition coefficient (Wildman–Crippen LogP) is 3.93. The van der Waals surface area contributed by atoms with E-state index in [9.17, 15) is 14.4 Å². The average molecular weight is 420 g/mol. The van der Waals surface area contributed by atoms with Gasteiger partial charge in [-0.3, -0.25) is 9.59 Å². The molecule has 0 aliphatic rings. The molecule has 0 fully saturated rings. The van der Waals surface area contributed by atoms with E-state index < -0.39 is 12.6 Å². The SMILES string of the molecule is O=Cc1ccc(OCc2cc(COc3ccc(C=O)cc3)cc(OCC(=O)O)c2)cc1. The Hall–Kier alpha value is -4.13. The molecule has 0 amide bonds. The van der Waals surface area contributed by atoms with Crippen LogP contribution < -0.4 is 14.2 Å². The minimum absolute atomic E-state index is 0.214. The molecule has 0 aliphatic carbocycles. The summed E-state index contributed by atoms with van der Waals surface area (Å²) in [6.07, 6.45) is 1.51. The molecule has 0 atom stereocenters. The summed E-state index contributed by atoms with van der Waals surface area (Å²) in [4.78, 5) is 32.4. The van der Waals surface area contributed by atoms with Crippen LogP contribution in [-0.4, -0.2) is 30.3 Å². The van der Waals surface area contributed by atoms with Crippen LogP contribution in [0.15, 0.2) is 66.7 Å². The molecule has 0 radical (unpaired) electrons. The maximum Gasteiger partial charge on any atom is 0.341 e. The lowest BCUT2D eigenvalue weighted by molar-refractivity contribution is -0.139. The number of benzene rings is 3. The first-order valence-electron chi connectivity index (χ1n) is 9.39. The van der Waals surface area contributed by atoms with Crippen molar-refractivity contribution in [1.82, 2.24) is 0 Å². The number of carboxylic acid groups (broad SMARTS) is 1. The Labute approximate surface area is 178 Å². The molecule has 0 spiro atoms. The maximum atomic E-state index is 10.8. The van der Waals surface area contributed by atoms with Crippen molar-refractivity contribution < 1.29 is 33.7 Å². The third-order valence-electron chi connectivity index (χ3n) is 4.23. The van der Waals surface area contributed by atoms with Crippen molar-refractivity contribution >= 4 is 18.5 Å². The number of aliphatic carboxylic acids is 1. The van der Waals surface area contributed by atoms with Crippen LogP contribution in [0.1, 0.15) is 31.8 Å².